The molecule has 5 nitrogen and oxygen atoms in total. The largest absolute Gasteiger partial charge is 0.439 e. The molecule has 1 N–H and O–H groups in total. The van der Waals surface area contributed by atoms with Crippen LogP contribution in [0.4, 0.5) is 0 Å². The minimum absolute atomic E-state index is 0.329. The zero-order valence-electron chi connectivity index (χ0n) is 18.7. The molecular weight excluding hydrogens is 374 g/mol. The van der Waals surface area contributed by atoms with Crippen molar-refractivity contribution in [1.29, 1.82) is 0 Å². The molecule has 160 valence electrons. The van der Waals surface area contributed by atoms with Crippen LogP contribution < -0.4 is 4.74 Å². The molecule has 0 saturated carbocycles. The third-order valence-corrected chi connectivity index (χ3v) is 5.44. The Labute approximate surface area is 179 Å². The number of benzene rings is 2. The SMILES string of the molecule is CC[C@@H](C)N(Cc1c(-c2ccccc2)nn(C)c1Oc1ccc(C)cc1)C[C@@H](C)O. The van der Waals surface area contributed by atoms with Gasteiger partial charge in [-0.15, -0.1) is 0 Å². The second-order valence-corrected chi connectivity index (χ2v) is 8.07. The zero-order valence-corrected chi connectivity index (χ0v) is 18.7. The summed E-state index contributed by atoms with van der Waals surface area (Å²) in [5.74, 6) is 1.52. The Bertz CT molecular complexity index is 933. The molecule has 30 heavy (non-hydrogen) atoms. The molecule has 3 rings (SSSR count). The van der Waals surface area contributed by atoms with Gasteiger partial charge in [-0.1, -0.05) is 55.0 Å². The summed E-state index contributed by atoms with van der Waals surface area (Å²) in [5, 5.41) is 14.9. The quantitative estimate of drug-likeness (QED) is 0.532. The number of aliphatic hydroxyl groups excluding tert-OH is 1. The van der Waals surface area contributed by atoms with Crippen LogP contribution in [0.5, 0.6) is 11.6 Å². The third kappa shape index (κ3) is 5.29. The summed E-state index contributed by atoms with van der Waals surface area (Å²) in [6.07, 6.45) is 0.597. The molecule has 0 unspecified atom stereocenters. The van der Waals surface area contributed by atoms with Crippen molar-refractivity contribution >= 4 is 0 Å². The Morgan fingerprint density at radius 3 is 2.33 bits per heavy atom. The lowest BCUT2D eigenvalue weighted by atomic mass is 10.1. The van der Waals surface area contributed by atoms with E-state index in [9.17, 15) is 5.11 Å². The second kappa shape index (κ2) is 9.92. The van der Waals surface area contributed by atoms with E-state index in [4.69, 9.17) is 9.84 Å². The first-order valence-corrected chi connectivity index (χ1v) is 10.7. The Balaban J connectivity index is 2.05. The van der Waals surface area contributed by atoms with E-state index >= 15 is 0 Å². The molecule has 5 heteroatoms. The summed E-state index contributed by atoms with van der Waals surface area (Å²) < 4.78 is 8.14. The lowest BCUT2D eigenvalue weighted by Gasteiger charge is -2.29. The lowest BCUT2D eigenvalue weighted by Crippen LogP contribution is -2.37. The third-order valence-electron chi connectivity index (χ3n) is 5.44. The van der Waals surface area contributed by atoms with Crippen molar-refractivity contribution in [2.45, 2.75) is 52.8 Å². The smallest absolute Gasteiger partial charge is 0.222 e. The number of aliphatic hydroxyl groups is 1. The monoisotopic (exact) mass is 407 g/mol. The van der Waals surface area contributed by atoms with Crippen LogP contribution in [0.3, 0.4) is 0 Å². The molecular formula is C25H33N3O2. The minimum atomic E-state index is -0.405. The maximum atomic E-state index is 10.1. The predicted molar refractivity (Wildman–Crippen MR) is 122 cm³/mol. The van der Waals surface area contributed by atoms with Gasteiger partial charge in [-0.2, -0.15) is 5.10 Å². The summed E-state index contributed by atoms with van der Waals surface area (Å²) in [6, 6.07) is 18.6. The Hall–Kier alpha value is -2.63. The first-order valence-electron chi connectivity index (χ1n) is 10.7. The van der Waals surface area contributed by atoms with Crippen molar-refractivity contribution < 1.29 is 9.84 Å². The van der Waals surface area contributed by atoms with Crippen LogP contribution in [0.25, 0.3) is 11.3 Å². The Morgan fingerprint density at radius 1 is 1.07 bits per heavy atom. The molecule has 0 fully saturated rings. The van der Waals surface area contributed by atoms with Gasteiger partial charge in [0, 0.05) is 31.7 Å². The fourth-order valence-electron chi connectivity index (χ4n) is 3.57. The van der Waals surface area contributed by atoms with Crippen LogP contribution in [0.2, 0.25) is 0 Å². The minimum Gasteiger partial charge on any atom is -0.439 e. The van der Waals surface area contributed by atoms with Gasteiger partial charge in [0.15, 0.2) is 0 Å². The highest BCUT2D eigenvalue weighted by Gasteiger charge is 2.24. The molecule has 0 amide bonds. The first-order chi connectivity index (χ1) is 14.4. The van der Waals surface area contributed by atoms with Gasteiger partial charge in [0.25, 0.3) is 0 Å². The highest BCUT2D eigenvalue weighted by Crippen LogP contribution is 2.34. The molecule has 0 aliphatic carbocycles. The van der Waals surface area contributed by atoms with Gasteiger partial charge in [0.2, 0.25) is 5.88 Å². The van der Waals surface area contributed by atoms with Crippen molar-refractivity contribution in [2.75, 3.05) is 6.54 Å². The maximum Gasteiger partial charge on any atom is 0.222 e. The van der Waals surface area contributed by atoms with E-state index in [2.05, 4.69) is 37.8 Å². The van der Waals surface area contributed by atoms with Crippen molar-refractivity contribution in [2.24, 2.45) is 7.05 Å². The van der Waals surface area contributed by atoms with Crippen molar-refractivity contribution in [1.82, 2.24) is 14.7 Å². The number of rotatable bonds is 9. The summed E-state index contributed by atoms with van der Waals surface area (Å²) in [5.41, 5.74) is 4.20. The van der Waals surface area contributed by atoms with Crippen molar-refractivity contribution in [3.8, 4) is 22.9 Å². The van der Waals surface area contributed by atoms with Crippen LogP contribution in [-0.4, -0.2) is 38.5 Å². The van der Waals surface area contributed by atoms with Crippen LogP contribution in [-0.2, 0) is 13.6 Å². The topological polar surface area (TPSA) is 50.5 Å². The predicted octanol–water partition coefficient (Wildman–Crippen LogP) is 5.17. The first kappa shape index (κ1) is 22.1. The number of aryl methyl sites for hydroxylation is 2. The number of aromatic nitrogens is 2. The van der Waals surface area contributed by atoms with Crippen LogP contribution in [0.1, 0.15) is 38.3 Å². The molecule has 0 bridgehead atoms. The highest BCUT2D eigenvalue weighted by atomic mass is 16.5. The average Bonchev–Trinajstić information content (AvgIpc) is 3.04. The van der Waals surface area contributed by atoms with Gasteiger partial charge in [0.05, 0.1) is 11.7 Å². The molecule has 0 saturated heterocycles. The Morgan fingerprint density at radius 2 is 1.73 bits per heavy atom. The molecule has 0 radical (unpaired) electrons. The van der Waals surface area contributed by atoms with E-state index in [1.54, 1.807) is 0 Å². The van der Waals surface area contributed by atoms with E-state index in [1.807, 2.05) is 61.1 Å². The number of hydrogen-bond donors (Lipinski definition) is 1. The number of hydrogen-bond acceptors (Lipinski definition) is 4. The molecule has 0 aliphatic heterocycles. The van der Waals surface area contributed by atoms with Gasteiger partial charge in [-0.3, -0.25) is 4.90 Å². The van der Waals surface area contributed by atoms with Crippen LogP contribution in [0, 0.1) is 6.92 Å². The molecule has 0 spiro atoms. The summed E-state index contributed by atoms with van der Waals surface area (Å²) in [6.45, 7) is 9.51. The average molecular weight is 408 g/mol. The summed E-state index contributed by atoms with van der Waals surface area (Å²) >= 11 is 0. The van der Waals surface area contributed by atoms with E-state index < -0.39 is 6.10 Å². The fraction of sp³-hybridized carbons (Fsp3) is 0.400. The number of nitrogens with zero attached hydrogens (tertiary/aromatic N) is 3. The highest BCUT2D eigenvalue weighted by molar-refractivity contribution is 5.65. The lowest BCUT2D eigenvalue weighted by molar-refractivity contribution is 0.0956. The van der Waals surface area contributed by atoms with Crippen LogP contribution >= 0.6 is 0 Å². The molecule has 2 atom stereocenters. The number of ether oxygens (including phenoxy) is 1. The Kier molecular flexibility index (Phi) is 7.29. The molecule has 3 aromatic rings. The zero-order chi connectivity index (χ0) is 21.7. The van der Waals surface area contributed by atoms with Gasteiger partial charge in [-0.05, 0) is 39.3 Å². The second-order valence-electron chi connectivity index (χ2n) is 8.07. The van der Waals surface area contributed by atoms with Crippen molar-refractivity contribution in [3.63, 3.8) is 0 Å². The molecule has 0 aliphatic rings. The fourth-order valence-corrected chi connectivity index (χ4v) is 3.57. The van der Waals surface area contributed by atoms with Gasteiger partial charge >= 0.3 is 0 Å². The van der Waals surface area contributed by atoms with E-state index in [-0.39, 0.29) is 0 Å². The van der Waals surface area contributed by atoms with Crippen molar-refractivity contribution in [3.05, 3.63) is 65.7 Å². The molecule has 2 aromatic carbocycles. The molecule has 1 heterocycles. The summed E-state index contributed by atoms with van der Waals surface area (Å²) in [7, 11) is 1.92. The standard InChI is InChI=1S/C25H33N3O2/c1-6-19(3)28(16-20(4)29)17-23-24(21-10-8-7-9-11-21)26-27(5)25(23)30-22-14-12-18(2)13-15-22/h7-15,19-20,29H,6,16-17H2,1-5H3/t19-,20-/m1/s1. The van der Waals surface area contributed by atoms with E-state index in [0.29, 0.717) is 19.1 Å². The van der Waals surface area contributed by atoms with Gasteiger partial charge in [0.1, 0.15) is 11.4 Å². The van der Waals surface area contributed by atoms with Gasteiger partial charge in [-0.25, -0.2) is 4.68 Å². The summed E-state index contributed by atoms with van der Waals surface area (Å²) in [4.78, 5) is 2.30. The van der Waals surface area contributed by atoms with E-state index in [0.717, 1.165) is 34.9 Å². The van der Waals surface area contributed by atoms with Crippen LogP contribution in [0.15, 0.2) is 54.6 Å². The normalized spacial score (nSPS) is 13.4. The maximum absolute atomic E-state index is 10.1. The molecule has 1 aromatic heterocycles. The van der Waals surface area contributed by atoms with Gasteiger partial charge < -0.3 is 9.84 Å². The van der Waals surface area contributed by atoms with E-state index in [1.165, 1.54) is 5.56 Å².